The zero-order valence-electron chi connectivity index (χ0n) is 14.0. The highest BCUT2D eigenvalue weighted by atomic mass is 16.2. The Labute approximate surface area is 126 Å². The molecule has 1 aromatic heterocycles. The first kappa shape index (κ1) is 17.7. The second kappa shape index (κ2) is 7.56. The molecule has 0 aliphatic rings. The SMILES string of the molecule is CC(C)N(CCNCc1cn(C)c(=O)n(C)c1=O)C(C)C. The third kappa shape index (κ3) is 4.54. The monoisotopic (exact) mass is 296 g/mol. The highest BCUT2D eigenvalue weighted by Gasteiger charge is 2.12. The minimum atomic E-state index is -0.297. The Balaban J connectivity index is 2.62. The van der Waals surface area contributed by atoms with Gasteiger partial charge in [0.1, 0.15) is 0 Å². The van der Waals surface area contributed by atoms with Gasteiger partial charge in [-0.15, -0.1) is 0 Å². The van der Waals surface area contributed by atoms with Gasteiger partial charge in [0.2, 0.25) is 0 Å². The fraction of sp³-hybridized carbons (Fsp3) is 0.733. The van der Waals surface area contributed by atoms with Crippen LogP contribution in [-0.2, 0) is 20.6 Å². The van der Waals surface area contributed by atoms with E-state index in [-0.39, 0.29) is 11.2 Å². The van der Waals surface area contributed by atoms with Crippen LogP contribution >= 0.6 is 0 Å². The van der Waals surface area contributed by atoms with Gasteiger partial charge in [-0.3, -0.25) is 14.3 Å². The molecule has 6 nitrogen and oxygen atoms in total. The van der Waals surface area contributed by atoms with Gasteiger partial charge in [0.15, 0.2) is 0 Å². The van der Waals surface area contributed by atoms with E-state index in [1.165, 1.54) is 11.6 Å². The summed E-state index contributed by atoms with van der Waals surface area (Å²) in [5, 5.41) is 3.29. The molecule has 21 heavy (non-hydrogen) atoms. The van der Waals surface area contributed by atoms with Crippen molar-refractivity contribution >= 4 is 0 Å². The highest BCUT2D eigenvalue weighted by molar-refractivity contribution is 5.05. The van der Waals surface area contributed by atoms with Crippen LogP contribution in [0.2, 0.25) is 0 Å². The molecule has 0 atom stereocenters. The van der Waals surface area contributed by atoms with Crippen molar-refractivity contribution in [3.8, 4) is 0 Å². The maximum Gasteiger partial charge on any atom is 0.330 e. The molecular formula is C15H28N4O2. The van der Waals surface area contributed by atoms with Crippen molar-refractivity contribution in [2.75, 3.05) is 13.1 Å². The van der Waals surface area contributed by atoms with Gasteiger partial charge in [-0.1, -0.05) is 0 Å². The molecule has 0 saturated carbocycles. The molecule has 0 spiro atoms. The second-order valence-electron chi connectivity index (χ2n) is 6.01. The summed E-state index contributed by atoms with van der Waals surface area (Å²) in [5.41, 5.74) is 0.0879. The molecule has 1 N–H and O–H groups in total. The summed E-state index contributed by atoms with van der Waals surface area (Å²) in [4.78, 5) is 26.0. The molecule has 0 fully saturated rings. The van der Waals surface area contributed by atoms with Crippen molar-refractivity contribution in [3.05, 3.63) is 32.6 Å². The molecule has 0 aromatic carbocycles. The van der Waals surface area contributed by atoms with Gasteiger partial charge in [-0.25, -0.2) is 4.79 Å². The smallest absolute Gasteiger partial charge is 0.311 e. The van der Waals surface area contributed by atoms with Gasteiger partial charge >= 0.3 is 5.69 Å². The summed E-state index contributed by atoms with van der Waals surface area (Å²) >= 11 is 0. The zero-order chi connectivity index (χ0) is 16.2. The Kier molecular flexibility index (Phi) is 6.36. The molecule has 0 amide bonds. The molecule has 120 valence electrons. The first-order valence-corrected chi connectivity index (χ1v) is 7.47. The predicted octanol–water partition coefficient (Wildman–Crippen LogP) is 0.292. The van der Waals surface area contributed by atoms with Gasteiger partial charge in [0.25, 0.3) is 5.56 Å². The average Bonchev–Trinajstić information content (AvgIpc) is 2.40. The molecule has 0 saturated heterocycles. The second-order valence-corrected chi connectivity index (χ2v) is 6.01. The predicted molar refractivity (Wildman–Crippen MR) is 85.6 cm³/mol. The van der Waals surface area contributed by atoms with Crippen molar-refractivity contribution in [2.24, 2.45) is 14.1 Å². The van der Waals surface area contributed by atoms with Crippen molar-refractivity contribution in [1.82, 2.24) is 19.4 Å². The number of nitrogens with one attached hydrogen (secondary N) is 1. The Hall–Kier alpha value is -1.40. The largest absolute Gasteiger partial charge is 0.330 e. The summed E-state index contributed by atoms with van der Waals surface area (Å²) in [7, 11) is 3.16. The Morgan fingerprint density at radius 1 is 1.14 bits per heavy atom. The van der Waals surface area contributed by atoms with Crippen LogP contribution in [0.4, 0.5) is 0 Å². The van der Waals surface area contributed by atoms with Crippen molar-refractivity contribution in [2.45, 2.75) is 46.3 Å². The normalized spacial score (nSPS) is 11.9. The van der Waals surface area contributed by atoms with Crippen LogP contribution in [0.15, 0.2) is 15.8 Å². The van der Waals surface area contributed by atoms with Gasteiger partial charge in [0, 0.05) is 57.6 Å². The van der Waals surface area contributed by atoms with Crippen LogP contribution in [0.3, 0.4) is 0 Å². The van der Waals surface area contributed by atoms with Gasteiger partial charge in [-0.05, 0) is 27.7 Å². The van der Waals surface area contributed by atoms with Crippen molar-refractivity contribution in [1.29, 1.82) is 0 Å². The first-order chi connectivity index (χ1) is 9.75. The highest BCUT2D eigenvalue weighted by Crippen LogP contribution is 2.03. The zero-order valence-corrected chi connectivity index (χ0v) is 14.0. The Bertz CT molecular complexity index is 564. The van der Waals surface area contributed by atoms with E-state index in [9.17, 15) is 9.59 Å². The first-order valence-electron chi connectivity index (χ1n) is 7.47. The summed E-state index contributed by atoms with van der Waals surface area (Å²) in [5.74, 6) is 0. The van der Waals surface area contributed by atoms with E-state index < -0.39 is 0 Å². The fourth-order valence-electron chi connectivity index (χ4n) is 2.55. The lowest BCUT2D eigenvalue weighted by atomic mass is 10.2. The van der Waals surface area contributed by atoms with Crippen LogP contribution in [0.1, 0.15) is 33.3 Å². The maximum absolute atomic E-state index is 12.0. The number of hydrogen-bond acceptors (Lipinski definition) is 4. The van der Waals surface area contributed by atoms with E-state index in [4.69, 9.17) is 0 Å². The molecule has 0 aliphatic carbocycles. The summed E-state index contributed by atoms with van der Waals surface area (Å²) < 4.78 is 2.58. The number of rotatable bonds is 7. The van der Waals surface area contributed by atoms with Gasteiger partial charge < -0.3 is 9.88 Å². The number of nitrogens with zero attached hydrogens (tertiary/aromatic N) is 3. The maximum atomic E-state index is 12.0. The third-order valence-corrected chi connectivity index (χ3v) is 3.71. The summed E-state index contributed by atoms with van der Waals surface area (Å²) in [6.07, 6.45) is 1.61. The van der Waals surface area contributed by atoms with E-state index in [0.29, 0.717) is 24.2 Å². The molecule has 0 radical (unpaired) electrons. The lowest BCUT2D eigenvalue weighted by molar-refractivity contribution is 0.176. The minimum Gasteiger partial charge on any atom is -0.311 e. The third-order valence-electron chi connectivity index (χ3n) is 3.71. The molecule has 0 aliphatic heterocycles. The molecule has 1 heterocycles. The lowest BCUT2D eigenvalue weighted by Gasteiger charge is -2.30. The fourth-order valence-corrected chi connectivity index (χ4v) is 2.55. The lowest BCUT2D eigenvalue weighted by Crippen LogP contribution is -2.42. The molecule has 0 bridgehead atoms. The number of hydrogen-bond donors (Lipinski definition) is 1. The summed E-state index contributed by atoms with van der Waals surface area (Å²) in [6, 6.07) is 0.995. The van der Waals surface area contributed by atoms with E-state index in [1.807, 2.05) is 0 Å². The van der Waals surface area contributed by atoms with E-state index in [2.05, 4.69) is 37.9 Å². The number of aryl methyl sites for hydroxylation is 1. The minimum absolute atomic E-state index is 0.227. The standard InChI is InChI=1S/C15H28N4O2/c1-11(2)19(12(3)4)8-7-16-9-13-10-17(5)15(21)18(6)14(13)20/h10-12,16H,7-9H2,1-6H3. The van der Waals surface area contributed by atoms with Gasteiger partial charge in [-0.2, -0.15) is 0 Å². The Morgan fingerprint density at radius 3 is 2.24 bits per heavy atom. The Morgan fingerprint density at radius 2 is 1.71 bits per heavy atom. The van der Waals surface area contributed by atoms with Crippen LogP contribution < -0.4 is 16.6 Å². The topological polar surface area (TPSA) is 59.3 Å². The van der Waals surface area contributed by atoms with Crippen LogP contribution in [0.25, 0.3) is 0 Å². The summed E-state index contributed by atoms with van der Waals surface area (Å²) in [6.45, 7) is 10.9. The quantitative estimate of drug-likeness (QED) is 0.735. The molecular weight excluding hydrogens is 268 g/mol. The molecule has 6 heteroatoms. The van der Waals surface area contributed by atoms with Crippen LogP contribution in [0.5, 0.6) is 0 Å². The van der Waals surface area contributed by atoms with Crippen LogP contribution in [-0.4, -0.2) is 39.2 Å². The van der Waals surface area contributed by atoms with Crippen molar-refractivity contribution < 1.29 is 0 Å². The van der Waals surface area contributed by atoms with E-state index in [1.54, 1.807) is 13.2 Å². The molecule has 1 aromatic rings. The van der Waals surface area contributed by atoms with Crippen molar-refractivity contribution in [3.63, 3.8) is 0 Å². The number of aromatic nitrogens is 2. The van der Waals surface area contributed by atoms with E-state index in [0.717, 1.165) is 17.7 Å². The molecule has 0 unspecified atom stereocenters. The molecule has 1 rings (SSSR count). The average molecular weight is 296 g/mol. The van der Waals surface area contributed by atoms with E-state index >= 15 is 0 Å². The van der Waals surface area contributed by atoms with Gasteiger partial charge in [0.05, 0.1) is 0 Å². The van der Waals surface area contributed by atoms with Crippen LogP contribution in [0, 0.1) is 0 Å².